The molecule has 1 aromatic heterocycles. The number of ether oxygens (including phenoxy) is 2. The molecule has 8 nitrogen and oxygen atoms in total. The monoisotopic (exact) mass is 674 g/mol. The van der Waals surface area contributed by atoms with Crippen LogP contribution in [0, 0.1) is 0 Å². The summed E-state index contributed by atoms with van der Waals surface area (Å²) in [6, 6.07) is 15.7. The van der Waals surface area contributed by atoms with Gasteiger partial charge in [0, 0.05) is 21.1 Å². The summed E-state index contributed by atoms with van der Waals surface area (Å²) >= 11 is 12.8. The average Bonchev–Trinajstić information content (AvgIpc) is 2.89. The summed E-state index contributed by atoms with van der Waals surface area (Å²) in [4.78, 5) is 30.4. The maximum absolute atomic E-state index is 13.3. The van der Waals surface area contributed by atoms with Crippen LogP contribution in [0.5, 0.6) is 11.5 Å². The Morgan fingerprint density at radius 2 is 1.87 bits per heavy atom. The second-order valence-electron chi connectivity index (χ2n) is 8.75. The number of fused-ring (bicyclic) bond motifs is 1. The standard InChI is InChI=1S/C28H25Br2ClN4O4/c1-4-38-24-12-17(11-22(30)26(24)39-15-25(36)33-20-8-6-19(31)7-9-20)14-32-35-27(16(2)3)34-23-10-5-18(29)13-21(23)28(35)37/h5-14,16H,4,15H2,1-3H3,(H,33,36). The summed E-state index contributed by atoms with van der Waals surface area (Å²) < 4.78 is 14.2. The lowest BCUT2D eigenvalue weighted by molar-refractivity contribution is -0.118. The van der Waals surface area contributed by atoms with Gasteiger partial charge in [-0.3, -0.25) is 9.59 Å². The third-order valence-corrected chi connectivity index (χ3v) is 6.81. The summed E-state index contributed by atoms with van der Waals surface area (Å²) in [6.45, 7) is 5.90. The zero-order valence-electron chi connectivity index (χ0n) is 21.4. The van der Waals surface area contributed by atoms with Gasteiger partial charge in [-0.1, -0.05) is 41.4 Å². The Kier molecular flexibility index (Phi) is 9.42. The average molecular weight is 677 g/mol. The largest absolute Gasteiger partial charge is 0.490 e. The number of anilines is 1. The lowest BCUT2D eigenvalue weighted by Crippen LogP contribution is -2.23. The molecular weight excluding hydrogens is 652 g/mol. The van der Waals surface area contributed by atoms with Crippen LogP contribution in [-0.2, 0) is 4.79 Å². The topological polar surface area (TPSA) is 94.8 Å². The normalized spacial score (nSPS) is 11.4. The molecule has 0 saturated heterocycles. The maximum atomic E-state index is 13.3. The highest BCUT2D eigenvalue weighted by atomic mass is 79.9. The van der Waals surface area contributed by atoms with Crippen LogP contribution >= 0.6 is 43.5 Å². The number of rotatable bonds is 9. The third kappa shape index (κ3) is 7.06. The van der Waals surface area contributed by atoms with Crippen molar-refractivity contribution in [1.29, 1.82) is 0 Å². The van der Waals surface area contributed by atoms with Gasteiger partial charge in [0.2, 0.25) is 0 Å². The van der Waals surface area contributed by atoms with Crippen LogP contribution < -0.4 is 20.3 Å². The molecule has 0 aliphatic rings. The van der Waals surface area contributed by atoms with Crippen LogP contribution in [0.2, 0.25) is 5.02 Å². The van der Waals surface area contributed by atoms with Gasteiger partial charge in [0.25, 0.3) is 11.5 Å². The molecule has 11 heteroatoms. The molecule has 202 valence electrons. The third-order valence-electron chi connectivity index (χ3n) is 5.48. The lowest BCUT2D eigenvalue weighted by Gasteiger charge is -2.15. The van der Waals surface area contributed by atoms with Crippen molar-refractivity contribution in [2.45, 2.75) is 26.7 Å². The van der Waals surface area contributed by atoms with E-state index in [2.05, 4.69) is 47.3 Å². The van der Waals surface area contributed by atoms with E-state index in [0.29, 0.717) is 55.6 Å². The van der Waals surface area contributed by atoms with E-state index in [9.17, 15) is 9.59 Å². The van der Waals surface area contributed by atoms with Gasteiger partial charge in [-0.25, -0.2) is 4.98 Å². The van der Waals surface area contributed by atoms with Gasteiger partial charge in [0.15, 0.2) is 18.1 Å². The number of amides is 1. The smallest absolute Gasteiger partial charge is 0.282 e. The molecule has 0 saturated carbocycles. The lowest BCUT2D eigenvalue weighted by atomic mass is 10.2. The molecule has 0 aliphatic carbocycles. The fourth-order valence-electron chi connectivity index (χ4n) is 3.71. The van der Waals surface area contributed by atoms with Crippen molar-refractivity contribution < 1.29 is 14.3 Å². The van der Waals surface area contributed by atoms with Crippen LogP contribution in [-0.4, -0.2) is 35.0 Å². The number of nitrogens with zero attached hydrogens (tertiary/aromatic N) is 3. The van der Waals surface area contributed by atoms with E-state index in [0.717, 1.165) is 4.47 Å². The molecule has 0 bridgehead atoms. The van der Waals surface area contributed by atoms with E-state index in [4.69, 9.17) is 21.1 Å². The molecule has 39 heavy (non-hydrogen) atoms. The number of halogens is 3. The zero-order valence-corrected chi connectivity index (χ0v) is 25.3. The minimum Gasteiger partial charge on any atom is -0.490 e. The second-order valence-corrected chi connectivity index (χ2v) is 11.0. The van der Waals surface area contributed by atoms with E-state index < -0.39 is 0 Å². The molecule has 1 amide bonds. The van der Waals surface area contributed by atoms with Crippen molar-refractivity contribution in [2.75, 3.05) is 18.5 Å². The Morgan fingerprint density at radius 1 is 1.13 bits per heavy atom. The Labute approximate surface area is 247 Å². The molecule has 0 radical (unpaired) electrons. The van der Waals surface area contributed by atoms with Crippen molar-refractivity contribution in [3.05, 3.63) is 90.3 Å². The van der Waals surface area contributed by atoms with E-state index in [-0.39, 0.29) is 24.0 Å². The molecule has 0 atom stereocenters. The predicted octanol–water partition coefficient (Wildman–Crippen LogP) is 7.00. The fourth-order valence-corrected chi connectivity index (χ4v) is 4.77. The molecule has 0 spiro atoms. The molecule has 1 heterocycles. The highest BCUT2D eigenvalue weighted by Gasteiger charge is 2.16. The minimum atomic E-state index is -0.339. The first-order chi connectivity index (χ1) is 18.7. The van der Waals surface area contributed by atoms with Gasteiger partial charge in [0.1, 0.15) is 5.82 Å². The molecule has 1 N–H and O–H groups in total. The van der Waals surface area contributed by atoms with Crippen LogP contribution in [0.25, 0.3) is 10.9 Å². The van der Waals surface area contributed by atoms with Crippen LogP contribution in [0.15, 0.2) is 73.4 Å². The molecule has 3 aromatic carbocycles. The number of benzene rings is 3. The highest BCUT2D eigenvalue weighted by molar-refractivity contribution is 9.10. The molecule has 4 aromatic rings. The minimum absolute atomic E-state index is 0.0385. The summed E-state index contributed by atoms with van der Waals surface area (Å²) in [5, 5.41) is 8.28. The summed E-state index contributed by atoms with van der Waals surface area (Å²) in [6.07, 6.45) is 1.56. The Morgan fingerprint density at radius 3 is 2.56 bits per heavy atom. The van der Waals surface area contributed by atoms with Gasteiger partial charge < -0.3 is 14.8 Å². The Bertz CT molecular complexity index is 1600. The highest BCUT2D eigenvalue weighted by Crippen LogP contribution is 2.36. The van der Waals surface area contributed by atoms with Gasteiger partial charge in [-0.2, -0.15) is 9.78 Å². The first-order valence-electron chi connectivity index (χ1n) is 12.1. The van der Waals surface area contributed by atoms with Crippen LogP contribution in [0.4, 0.5) is 5.69 Å². The second kappa shape index (κ2) is 12.8. The van der Waals surface area contributed by atoms with Crippen molar-refractivity contribution in [1.82, 2.24) is 9.66 Å². The summed E-state index contributed by atoms with van der Waals surface area (Å²) in [5.74, 6) is 0.959. The number of carbonyl (C=O) groups is 1. The molecular formula is C28H25Br2ClN4O4. The van der Waals surface area contributed by atoms with Crippen molar-refractivity contribution in [3.8, 4) is 11.5 Å². The van der Waals surface area contributed by atoms with Gasteiger partial charge in [0.05, 0.1) is 28.2 Å². The predicted molar refractivity (Wildman–Crippen MR) is 162 cm³/mol. The Balaban J connectivity index is 1.60. The van der Waals surface area contributed by atoms with Crippen molar-refractivity contribution in [2.24, 2.45) is 5.10 Å². The van der Waals surface area contributed by atoms with Crippen LogP contribution in [0.3, 0.4) is 0 Å². The van der Waals surface area contributed by atoms with Crippen LogP contribution in [0.1, 0.15) is 38.1 Å². The van der Waals surface area contributed by atoms with Gasteiger partial charge in [-0.05, 0) is 83.0 Å². The Hall–Kier alpha value is -3.21. The van der Waals surface area contributed by atoms with E-state index in [1.54, 1.807) is 54.7 Å². The molecule has 0 fully saturated rings. The molecule has 0 unspecified atom stereocenters. The van der Waals surface area contributed by atoms with Crippen molar-refractivity contribution in [3.63, 3.8) is 0 Å². The SMILES string of the molecule is CCOc1cc(C=Nn2c(C(C)C)nc3ccc(Br)cc3c2=O)cc(Br)c1OCC(=O)Nc1ccc(Cl)cc1. The molecule has 0 aliphatic heterocycles. The zero-order chi connectivity index (χ0) is 28.1. The van der Waals surface area contributed by atoms with Crippen molar-refractivity contribution >= 4 is 72.2 Å². The summed E-state index contributed by atoms with van der Waals surface area (Å²) in [7, 11) is 0. The summed E-state index contributed by atoms with van der Waals surface area (Å²) in [5.41, 5.74) is 1.60. The number of hydrogen-bond donors (Lipinski definition) is 1. The van der Waals surface area contributed by atoms with Gasteiger partial charge >= 0.3 is 0 Å². The number of hydrogen-bond acceptors (Lipinski definition) is 6. The number of carbonyl (C=O) groups excluding carboxylic acids is 1. The molecule has 4 rings (SSSR count). The first kappa shape index (κ1) is 28.8. The number of nitrogens with one attached hydrogen (secondary N) is 1. The maximum Gasteiger partial charge on any atom is 0.282 e. The quantitative estimate of drug-likeness (QED) is 0.193. The van der Waals surface area contributed by atoms with E-state index >= 15 is 0 Å². The van der Waals surface area contributed by atoms with E-state index in [1.165, 1.54) is 4.68 Å². The number of aromatic nitrogens is 2. The first-order valence-corrected chi connectivity index (χ1v) is 14.0. The van der Waals surface area contributed by atoms with E-state index in [1.807, 2.05) is 26.8 Å². The van der Waals surface area contributed by atoms with Gasteiger partial charge in [-0.15, -0.1) is 0 Å². The fraction of sp³-hybridized carbons (Fsp3) is 0.214.